The van der Waals surface area contributed by atoms with Gasteiger partial charge in [0.05, 0.1) is 17.1 Å². The Balaban J connectivity index is 2.16. The van der Waals surface area contributed by atoms with Crippen LogP contribution in [0.2, 0.25) is 0 Å². The lowest BCUT2D eigenvalue weighted by Gasteiger charge is -2.13. The molecule has 2 heterocycles. The van der Waals surface area contributed by atoms with Gasteiger partial charge in [0.1, 0.15) is 0 Å². The zero-order valence-electron chi connectivity index (χ0n) is 9.54. The Morgan fingerprint density at radius 1 is 1.16 bits per heavy atom. The SMILES string of the molecule is NC(c1cc2[nH]c(=O)[nH]c2cc1Br)c1sccc1Br. The van der Waals surface area contributed by atoms with Crippen LogP contribution in [0.1, 0.15) is 16.5 Å². The highest BCUT2D eigenvalue weighted by atomic mass is 79.9. The third kappa shape index (κ3) is 2.31. The number of benzene rings is 1. The minimum absolute atomic E-state index is 0.218. The summed E-state index contributed by atoms with van der Waals surface area (Å²) in [7, 11) is 0. The quantitative estimate of drug-likeness (QED) is 0.613. The first-order chi connectivity index (χ1) is 9.06. The van der Waals surface area contributed by atoms with E-state index in [1.165, 1.54) is 0 Å². The van der Waals surface area contributed by atoms with Gasteiger partial charge < -0.3 is 15.7 Å². The van der Waals surface area contributed by atoms with E-state index in [0.29, 0.717) is 0 Å². The second-order valence-corrected chi connectivity index (χ2v) is 6.77. The normalized spacial score (nSPS) is 13.0. The minimum Gasteiger partial charge on any atom is -0.320 e. The maximum atomic E-state index is 11.3. The molecule has 1 aromatic carbocycles. The fourth-order valence-electron chi connectivity index (χ4n) is 1.98. The van der Waals surface area contributed by atoms with Crippen molar-refractivity contribution in [3.63, 3.8) is 0 Å². The Morgan fingerprint density at radius 2 is 1.84 bits per heavy atom. The van der Waals surface area contributed by atoms with E-state index in [4.69, 9.17) is 5.73 Å². The summed E-state index contributed by atoms with van der Waals surface area (Å²) in [6.45, 7) is 0. The summed E-state index contributed by atoms with van der Waals surface area (Å²) in [6, 6.07) is 5.49. The van der Waals surface area contributed by atoms with Crippen molar-refractivity contribution in [3.8, 4) is 0 Å². The molecule has 19 heavy (non-hydrogen) atoms. The lowest BCUT2D eigenvalue weighted by atomic mass is 10.1. The molecule has 0 spiro atoms. The molecule has 3 rings (SSSR count). The van der Waals surface area contributed by atoms with Gasteiger partial charge in [-0.15, -0.1) is 11.3 Å². The molecule has 3 aromatic rings. The Kier molecular flexibility index (Phi) is 3.38. The number of nitrogens with two attached hydrogens (primary N) is 1. The van der Waals surface area contributed by atoms with Gasteiger partial charge in [0.25, 0.3) is 0 Å². The Hall–Kier alpha value is -0.890. The summed E-state index contributed by atoms with van der Waals surface area (Å²) < 4.78 is 1.88. The zero-order valence-corrected chi connectivity index (χ0v) is 13.5. The molecule has 0 saturated carbocycles. The molecule has 1 unspecified atom stereocenters. The molecule has 7 heteroatoms. The van der Waals surface area contributed by atoms with Crippen molar-refractivity contribution in [3.05, 3.63) is 53.4 Å². The molecular weight excluding hydrogens is 394 g/mol. The first-order valence-corrected chi connectivity index (χ1v) is 7.92. The topological polar surface area (TPSA) is 74.7 Å². The van der Waals surface area contributed by atoms with E-state index in [0.717, 1.165) is 30.4 Å². The first kappa shape index (κ1) is 13.1. The van der Waals surface area contributed by atoms with Gasteiger partial charge in [-0.25, -0.2) is 4.79 Å². The summed E-state index contributed by atoms with van der Waals surface area (Å²) in [5.41, 5.74) is 8.54. The van der Waals surface area contributed by atoms with Gasteiger partial charge in [-0.1, -0.05) is 15.9 Å². The van der Waals surface area contributed by atoms with Crippen molar-refractivity contribution in [1.82, 2.24) is 9.97 Å². The zero-order chi connectivity index (χ0) is 13.6. The second kappa shape index (κ2) is 4.90. The number of hydrogen-bond donors (Lipinski definition) is 3. The minimum atomic E-state index is -0.244. The smallest absolute Gasteiger partial charge is 0.320 e. The summed E-state index contributed by atoms with van der Waals surface area (Å²) in [5.74, 6) is 0. The Labute approximate surface area is 129 Å². The van der Waals surface area contributed by atoms with Crippen molar-refractivity contribution in [2.75, 3.05) is 0 Å². The third-order valence-corrected chi connectivity index (χ3v) is 5.54. The van der Waals surface area contributed by atoms with Gasteiger partial charge in [0.2, 0.25) is 0 Å². The van der Waals surface area contributed by atoms with Crippen LogP contribution in [0.3, 0.4) is 0 Å². The Bertz CT molecular complexity index is 805. The Morgan fingerprint density at radius 3 is 2.47 bits per heavy atom. The predicted molar refractivity (Wildman–Crippen MR) is 84.7 cm³/mol. The van der Waals surface area contributed by atoms with E-state index in [2.05, 4.69) is 41.8 Å². The van der Waals surface area contributed by atoms with Gasteiger partial charge >= 0.3 is 5.69 Å². The van der Waals surface area contributed by atoms with Gasteiger partial charge in [-0.2, -0.15) is 0 Å². The van der Waals surface area contributed by atoms with Gasteiger partial charge in [-0.05, 0) is 45.1 Å². The van der Waals surface area contributed by atoms with Crippen molar-refractivity contribution < 1.29 is 0 Å². The standard InChI is InChI=1S/C12H9Br2N3OS/c13-6-1-2-19-11(6)10(15)5-3-8-9(4-7(5)14)17-12(18)16-8/h1-4,10H,15H2,(H2,16,17,18). The monoisotopic (exact) mass is 401 g/mol. The molecule has 0 aliphatic carbocycles. The molecule has 0 aliphatic rings. The molecule has 0 saturated heterocycles. The number of aromatic amines is 2. The fraction of sp³-hybridized carbons (Fsp3) is 0.0833. The molecule has 98 valence electrons. The number of aromatic nitrogens is 2. The summed E-state index contributed by atoms with van der Waals surface area (Å²) in [6.07, 6.45) is 0. The largest absolute Gasteiger partial charge is 0.323 e. The molecule has 0 bridgehead atoms. The van der Waals surface area contributed by atoms with Crippen LogP contribution in [-0.2, 0) is 0 Å². The van der Waals surface area contributed by atoms with E-state index in [-0.39, 0.29) is 11.7 Å². The molecule has 0 radical (unpaired) electrons. The number of fused-ring (bicyclic) bond motifs is 1. The maximum absolute atomic E-state index is 11.3. The molecule has 4 N–H and O–H groups in total. The lowest BCUT2D eigenvalue weighted by molar-refractivity contribution is 0.885. The van der Waals surface area contributed by atoms with Crippen molar-refractivity contribution in [2.24, 2.45) is 5.73 Å². The van der Waals surface area contributed by atoms with Crippen LogP contribution in [-0.4, -0.2) is 9.97 Å². The predicted octanol–water partition coefficient (Wildman–Crippen LogP) is 3.49. The molecule has 0 fully saturated rings. The highest BCUT2D eigenvalue weighted by molar-refractivity contribution is 9.10. The molecule has 0 amide bonds. The van der Waals surface area contributed by atoms with Crippen LogP contribution in [0, 0.1) is 0 Å². The summed E-state index contributed by atoms with van der Waals surface area (Å²) in [5, 5.41) is 1.99. The fourth-order valence-corrected chi connectivity index (χ4v) is 4.21. The number of rotatable bonds is 2. The lowest BCUT2D eigenvalue weighted by Crippen LogP contribution is -2.11. The van der Waals surface area contributed by atoms with E-state index >= 15 is 0 Å². The van der Waals surface area contributed by atoms with E-state index < -0.39 is 0 Å². The van der Waals surface area contributed by atoms with Gasteiger partial charge in [0, 0.05) is 13.8 Å². The number of H-pyrrole nitrogens is 2. The van der Waals surface area contributed by atoms with Crippen LogP contribution < -0.4 is 11.4 Å². The summed E-state index contributed by atoms with van der Waals surface area (Å²) in [4.78, 5) is 17.8. The van der Waals surface area contributed by atoms with E-state index in [9.17, 15) is 4.79 Å². The van der Waals surface area contributed by atoms with E-state index in [1.54, 1.807) is 11.3 Å². The number of halogens is 2. The van der Waals surface area contributed by atoms with Crippen LogP contribution in [0.25, 0.3) is 11.0 Å². The third-order valence-electron chi connectivity index (χ3n) is 2.90. The van der Waals surface area contributed by atoms with Crippen LogP contribution in [0.4, 0.5) is 0 Å². The number of imidazole rings is 1. The maximum Gasteiger partial charge on any atom is 0.323 e. The second-order valence-electron chi connectivity index (χ2n) is 4.11. The average Bonchev–Trinajstić information content (AvgIpc) is 2.92. The van der Waals surface area contributed by atoms with Crippen LogP contribution in [0.5, 0.6) is 0 Å². The van der Waals surface area contributed by atoms with Crippen LogP contribution in [0.15, 0.2) is 37.3 Å². The average molecular weight is 403 g/mol. The summed E-state index contributed by atoms with van der Waals surface area (Å²) >= 11 is 8.60. The molecule has 1 atom stereocenters. The van der Waals surface area contributed by atoms with Crippen molar-refractivity contribution in [2.45, 2.75) is 6.04 Å². The first-order valence-electron chi connectivity index (χ1n) is 5.46. The number of nitrogens with one attached hydrogen (secondary N) is 2. The van der Waals surface area contributed by atoms with Gasteiger partial charge in [0.15, 0.2) is 0 Å². The molecular formula is C12H9Br2N3OS. The van der Waals surface area contributed by atoms with E-state index in [1.807, 2.05) is 23.6 Å². The number of hydrogen-bond acceptors (Lipinski definition) is 3. The number of thiophene rings is 1. The van der Waals surface area contributed by atoms with Crippen LogP contribution >= 0.6 is 43.2 Å². The highest BCUT2D eigenvalue weighted by Gasteiger charge is 2.17. The molecule has 4 nitrogen and oxygen atoms in total. The van der Waals surface area contributed by atoms with Gasteiger partial charge in [-0.3, -0.25) is 0 Å². The molecule has 2 aromatic heterocycles. The van der Waals surface area contributed by atoms with Crippen molar-refractivity contribution in [1.29, 1.82) is 0 Å². The molecule has 0 aliphatic heterocycles. The van der Waals surface area contributed by atoms with Crippen molar-refractivity contribution >= 4 is 54.2 Å². The highest BCUT2D eigenvalue weighted by Crippen LogP contribution is 2.35.